The second kappa shape index (κ2) is 4.66. The van der Waals surface area contributed by atoms with E-state index in [0.717, 1.165) is 25.2 Å². The fourth-order valence-electron chi connectivity index (χ4n) is 0.819. The van der Waals surface area contributed by atoms with Crippen LogP contribution >= 0.6 is 12.2 Å². The smallest absolute Gasteiger partial charge is 0.163 e. The molecule has 0 bridgehead atoms. The minimum atomic E-state index is 0.340. The lowest BCUT2D eigenvalue weighted by atomic mass is 10.3. The Balaban J connectivity index is 2.07. The Kier molecular flexibility index (Phi) is 3.46. The average molecular weight is 185 g/mol. The van der Waals surface area contributed by atoms with E-state index < -0.39 is 0 Å². The average Bonchev–Trinajstić information content (AvgIpc) is 2.49. The molecule has 0 fully saturated rings. The molecule has 6 heteroatoms. The van der Waals surface area contributed by atoms with E-state index in [0.29, 0.717) is 5.11 Å². The van der Waals surface area contributed by atoms with E-state index in [1.165, 1.54) is 6.33 Å². The fourth-order valence-corrected chi connectivity index (χ4v) is 0.921. The van der Waals surface area contributed by atoms with E-state index in [1.54, 1.807) is 0 Å². The first-order valence-corrected chi connectivity index (χ1v) is 4.07. The zero-order chi connectivity index (χ0) is 8.81. The Bertz CT molecular complexity index is 232. The molecule has 0 aliphatic carbocycles. The Morgan fingerprint density at radius 3 is 3.17 bits per heavy atom. The summed E-state index contributed by atoms with van der Waals surface area (Å²) >= 11 is 4.64. The lowest BCUT2D eigenvalue weighted by Gasteiger charge is -2.00. The number of aromatic nitrogens is 3. The van der Waals surface area contributed by atoms with Gasteiger partial charge >= 0.3 is 0 Å². The van der Waals surface area contributed by atoms with E-state index in [-0.39, 0.29) is 0 Å². The number of nitrogens with two attached hydrogens (primary N) is 1. The molecule has 0 aliphatic heterocycles. The van der Waals surface area contributed by atoms with Crippen molar-refractivity contribution >= 4 is 17.3 Å². The van der Waals surface area contributed by atoms with Crippen LogP contribution in [0.15, 0.2) is 6.33 Å². The third-order valence-electron chi connectivity index (χ3n) is 1.35. The SMILES string of the molecule is NC(=S)NCCCc1ncn[nH]1. The van der Waals surface area contributed by atoms with Crippen LogP contribution in [0.2, 0.25) is 0 Å². The molecule has 1 aromatic heterocycles. The lowest BCUT2D eigenvalue weighted by Crippen LogP contribution is -2.29. The molecule has 5 nitrogen and oxygen atoms in total. The summed E-state index contributed by atoms with van der Waals surface area (Å²) in [5.74, 6) is 0.889. The first kappa shape index (κ1) is 8.92. The topological polar surface area (TPSA) is 79.6 Å². The van der Waals surface area contributed by atoms with Crippen molar-refractivity contribution in [2.45, 2.75) is 12.8 Å². The largest absolute Gasteiger partial charge is 0.376 e. The second-order valence-corrected chi connectivity index (χ2v) is 2.77. The number of H-pyrrole nitrogens is 1. The molecule has 0 saturated heterocycles. The third-order valence-corrected chi connectivity index (χ3v) is 1.50. The molecule has 12 heavy (non-hydrogen) atoms. The highest BCUT2D eigenvalue weighted by molar-refractivity contribution is 7.80. The highest BCUT2D eigenvalue weighted by atomic mass is 32.1. The number of nitrogens with one attached hydrogen (secondary N) is 2. The molecule has 0 spiro atoms. The molecule has 0 aliphatic rings. The molecule has 0 radical (unpaired) electrons. The molecule has 0 aromatic carbocycles. The molecule has 66 valence electrons. The Morgan fingerprint density at radius 2 is 2.58 bits per heavy atom. The minimum Gasteiger partial charge on any atom is -0.376 e. The molecule has 0 unspecified atom stereocenters. The predicted octanol–water partition coefficient (Wildman–Crippen LogP) is -0.430. The molecule has 0 amide bonds. The van der Waals surface area contributed by atoms with E-state index in [2.05, 4.69) is 32.7 Å². The zero-order valence-electron chi connectivity index (χ0n) is 6.58. The molecular weight excluding hydrogens is 174 g/mol. The third kappa shape index (κ3) is 3.29. The van der Waals surface area contributed by atoms with Gasteiger partial charge in [0, 0.05) is 13.0 Å². The number of aryl methyl sites for hydroxylation is 1. The van der Waals surface area contributed by atoms with Gasteiger partial charge in [-0.05, 0) is 18.6 Å². The first-order chi connectivity index (χ1) is 5.79. The van der Waals surface area contributed by atoms with Crippen molar-refractivity contribution in [1.29, 1.82) is 0 Å². The van der Waals surface area contributed by atoms with Gasteiger partial charge in [0.25, 0.3) is 0 Å². The van der Waals surface area contributed by atoms with Gasteiger partial charge in [0.15, 0.2) is 5.11 Å². The summed E-state index contributed by atoms with van der Waals surface area (Å²) in [6.45, 7) is 0.774. The van der Waals surface area contributed by atoms with Gasteiger partial charge in [-0.3, -0.25) is 5.10 Å². The van der Waals surface area contributed by atoms with Gasteiger partial charge in [0.05, 0.1) is 0 Å². The van der Waals surface area contributed by atoms with E-state index in [4.69, 9.17) is 5.73 Å². The Hall–Kier alpha value is -1.17. The number of nitrogens with zero attached hydrogens (tertiary/aromatic N) is 2. The molecule has 0 atom stereocenters. The number of aromatic amines is 1. The quantitative estimate of drug-likeness (QED) is 0.438. The van der Waals surface area contributed by atoms with Crippen molar-refractivity contribution in [2.75, 3.05) is 6.54 Å². The summed E-state index contributed by atoms with van der Waals surface area (Å²) in [6, 6.07) is 0. The van der Waals surface area contributed by atoms with Crippen LogP contribution in [0.1, 0.15) is 12.2 Å². The summed E-state index contributed by atoms with van der Waals surface area (Å²) in [7, 11) is 0. The van der Waals surface area contributed by atoms with Crippen molar-refractivity contribution in [3.63, 3.8) is 0 Å². The fraction of sp³-hybridized carbons (Fsp3) is 0.500. The summed E-state index contributed by atoms with van der Waals surface area (Å²) in [5.41, 5.74) is 5.24. The van der Waals surface area contributed by atoms with E-state index in [1.807, 2.05) is 0 Å². The van der Waals surface area contributed by atoms with Crippen molar-refractivity contribution in [2.24, 2.45) is 5.73 Å². The van der Waals surface area contributed by atoms with Gasteiger partial charge in [0.2, 0.25) is 0 Å². The monoisotopic (exact) mass is 185 g/mol. The van der Waals surface area contributed by atoms with E-state index >= 15 is 0 Å². The number of rotatable bonds is 4. The van der Waals surface area contributed by atoms with Crippen LogP contribution in [0, 0.1) is 0 Å². The van der Waals surface area contributed by atoms with Crippen LogP contribution in [0.3, 0.4) is 0 Å². The maximum absolute atomic E-state index is 5.24. The first-order valence-electron chi connectivity index (χ1n) is 3.66. The van der Waals surface area contributed by atoms with Gasteiger partial charge in [-0.25, -0.2) is 4.98 Å². The highest BCUT2D eigenvalue weighted by Crippen LogP contribution is 1.90. The van der Waals surface area contributed by atoms with Crippen LogP contribution in [0.4, 0.5) is 0 Å². The van der Waals surface area contributed by atoms with Crippen LogP contribution in [0.5, 0.6) is 0 Å². The lowest BCUT2D eigenvalue weighted by molar-refractivity contribution is 0.744. The van der Waals surface area contributed by atoms with Gasteiger partial charge in [-0.1, -0.05) is 0 Å². The molecule has 4 N–H and O–H groups in total. The van der Waals surface area contributed by atoms with Crippen molar-refractivity contribution in [3.8, 4) is 0 Å². The zero-order valence-corrected chi connectivity index (χ0v) is 7.40. The van der Waals surface area contributed by atoms with Crippen LogP contribution < -0.4 is 11.1 Å². The van der Waals surface area contributed by atoms with Crippen LogP contribution in [-0.4, -0.2) is 26.8 Å². The summed E-state index contributed by atoms with van der Waals surface area (Å²) in [5, 5.41) is 9.70. The maximum atomic E-state index is 5.24. The molecule has 1 heterocycles. The Labute approximate surface area is 75.8 Å². The summed E-state index contributed by atoms with van der Waals surface area (Å²) < 4.78 is 0. The van der Waals surface area contributed by atoms with Crippen molar-refractivity contribution in [1.82, 2.24) is 20.5 Å². The summed E-state index contributed by atoms with van der Waals surface area (Å²) in [6.07, 6.45) is 3.29. The van der Waals surface area contributed by atoms with Crippen molar-refractivity contribution in [3.05, 3.63) is 12.2 Å². The number of thiocarbonyl (C=S) groups is 1. The molecule has 0 saturated carbocycles. The van der Waals surface area contributed by atoms with Gasteiger partial charge < -0.3 is 11.1 Å². The summed E-state index contributed by atoms with van der Waals surface area (Å²) in [4.78, 5) is 3.97. The maximum Gasteiger partial charge on any atom is 0.163 e. The Morgan fingerprint density at radius 1 is 1.75 bits per heavy atom. The van der Waals surface area contributed by atoms with Crippen LogP contribution in [-0.2, 0) is 6.42 Å². The standard InChI is InChI=1S/C6H11N5S/c7-6(12)8-3-1-2-5-9-4-10-11-5/h4H,1-3H2,(H3,7,8,12)(H,9,10,11). The number of hydrogen-bond acceptors (Lipinski definition) is 3. The van der Waals surface area contributed by atoms with Gasteiger partial charge in [-0.15, -0.1) is 0 Å². The highest BCUT2D eigenvalue weighted by Gasteiger charge is 1.94. The second-order valence-electron chi connectivity index (χ2n) is 2.33. The van der Waals surface area contributed by atoms with E-state index in [9.17, 15) is 0 Å². The number of hydrogen-bond donors (Lipinski definition) is 3. The van der Waals surface area contributed by atoms with Crippen molar-refractivity contribution < 1.29 is 0 Å². The minimum absolute atomic E-state index is 0.340. The molecule has 1 aromatic rings. The normalized spacial score (nSPS) is 9.67. The predicted molar refractivity (Wildman–Crippen MR) is 49.5 cm³/mol. The van der Waals surface area contributed by atoms with Gasteiger partial charge in [0.1, 0.15) is 12.2 Å². The van der Waals surface area contributed by atoms with Gasteiger partial charge in [-0.2, -0.15) is 5.10 Å². The molecular formula is C6H11N5S. The molecule has 1 rings (SSSR count). The van der Waals surface area contributed by atoms with Crippen LogP contribution in [0.25, 0.3) is 0 Å².